The second kappa shape index (κ2) is 6.81. The molecule has 0 aromatic heterocycles. The Morgan fingerprint density at radius 1 is 1.00 bits per heavy atom. The Balaban J connectivity index is 1.74. The molecule has 0 radical (unpaired) electrons. The van der Waals surface area contributed by atoms with Crippen LogP contribution in [0.3, 0.4) is 0 Å². The van der Waals surface area contributed by atoms with Crippen LogP contribution in [0.1, 0.15) is 5.56 Å². The van der Waals surface area contributed by atoms with Crippen molar-refractivity contribution in [2.24, 2.45) is 0 Å². The molecule has 4 heteroatoms. The van der Waals surface area contributed by atoms with E-state index in [0.29, 0.717) is 11.6 Å². The Bertz CT molecular complexity index is 526. The Labute approximate surface area is 117 Å². The van der Waals surface area contributed by atoms with Gasteiger partial charge in [-0.2, -0.15) is 0 Å². The molecule has 0 bridgehead atoms. The van der Waals surface area contributed by atoms with Crippen LogP contribution in [0.2, 0.25) is 5.02 Å². The summed E-state index contributed by atoms with van der Waals surface area (Å²) in [5.41, 5.74) is 1.96. The number of halogens is 1. The van der Waals surface area contributed by atoms with Crippen molar-refractivity contribution in [1.82, 2.24) is 5.32 Å². The first kappa shape index (κ1) is 13.4. The molecule has 0 spiro atoms. The predicted octanol–water partition coefficient (Wildman–Crippen LogP) is 3.07. The molecule has 0 saturated heterocycles. The third kappa shape index (κ3) is 4.64. The van der Waals surface area contributed by atoms with Crippen LogP contribution in [0, 0.1) is 0 Å². The molecule has 98 valence electrons. The van der Waals surface area contributed by atoms with Crippen molar-refractivity contribution in [1.29, 1.82) is 0 Å². The number of amides is 1. The van der Waals surface area contributed by atoms with Gasteiger partial charge in [-0.05, 0) is 29.8 Å². The minimum atomic E-state index is -0.0428. The van der Waals surface area contributed by atoms with Gasteiger partial charge < -0.3 is 10.6 Å². The first-order chi connectivity index (χ1) is 9.24. The molecule has 0 fully saturated rings. The summed E-state index contributed by atoms with van der Waals surface area (Å²) < 4.78 is 0. The summed E-state index contributed by atoms with van der Waals surface area (Å²) >= 11 is 5.79. The van der Waals surface area contributed by atoms with E-state index in [0.717, 1.165) is 11.3 Å². The highest BCUT2D eigenvalue weighted by atomic mass is 35.5. The predicted molar refractivity (Wildman–Crippen MR) is 78.2 cm³/mol. The van der Waals surface area contributed by atoms with Crippen molar-refractivity contribution < 1.29 is 4.79 Å². The minimum absolute atomic E-state index is 0.0428. The van der Waals surface area contributed by atoms with Crippen LogP contribution in [0.5, 0.6) is 0 Å². The van der Waals surface area contributed by atoms with Gasteiger partial charge in [0.2, 0.25) is 5.91 Å². The normalized spacial score (nSPS) is 9.95. The van der Waals surface area contributed by atoms with Crippen molar-refractivity contribution in [3.63, 3.8) is 0 Å². The summed E-state index contributed by atoms with van der Waals surface area (Å²) in [7, 11) is 0. The molecule has 2 rings (SSSR count). The quantitative estimate of drug-likeness (QED) is 0.880. The number of carbonyl (C=O) groups is 1. The number of hydrogen-bond acceptors (Lipinski definition) is 2. The van der Waals surface area contributed by atoms with E-state index in [4.69, 9.17) is 11.6 Å². The van der Waals surface area contributed by atoms with Gasteiger partial charge in [0.15, 0.2) is 0 Å². The lowest BCUT2D eigenvalue weighted by Gasteiger charge is -2.07. The zero-order valence-electron chi connectivity index (χ0n) is 10.4. The highest BCUT2D eigenvalue weighted by Gasteiger charge is 2.01. The van der Waals surface area contributed by atoms with Crippen LogP contribution >= 0.6 is 11.6 Å². The average Bonchev–Trinajstić information content (AvgIpc) is 2.45. The van der Waals surface area contributed by atoms with E-state index < -0.39 is 0 Å². The zero-order chi connectivity index (χ0) is 13.5. The van der Waals surface area contributed by atoms with E-state index >= 15 is 0 Å². The molecule has 3 nitrogen and oxygen atoms in total. The van der Waals surface area contributed by atoms with Crippen LogP contribution < -0.4 is 10.6 Å². The molecule has 0 heterocycles. The number of carbonyl (C=O) groups excluding carboxylic acids is 1. The Kier molecular flexibility index (Phi) is 4.81. The van der Waals surface area contributed by atoms with Crippen LogP contribution in [-0.2, 0) is 11.3 Å². The van der Waals surface area contributed by atoms with Crippen LogP contribution in [0.25, 0.3) is 0 Å². The fourth-order valence-electron chi connectivity index (χ4n) is 1.60. The average molecular weight is 275 g/mol. The molecular formula is C15H15ClN2O. The highest BCUT2D eigenvalue weighted by molar-refractivity contribution is 6.30. The van der Waals surface area contributed by atoms with Gasteiger partial charge in [-0.3, -0.25) is 4.79 Å². The van der Waals surface area contributed by atoms with Crippen LogP contribution in [-0.4, -0.2) is 12.5 Å². The molecule has 19 heavy (non-hydrogen) atoms. The molecule has 0 aliphatic carbocycles. The Morgan fingerprint density at radius 2 is 1.68 bits per heavy atom. The fourth-order valence-corrected chi connectivity index (χ4v) is 1.73. The third-order valence-electron chi connectivity index (χ3n) is 2.63. The lowest BCUT2D eigenvalue weighted by atomic mass is 10.2. The second-order valence-electron chi connectivity index (χ2n) is 4.12. The fraction of sp³-hybridized carbons (Fsp3) is 0.133. The van der Waals surface area contributed by atoms with E-state index in [1.54, 1.807) is 0 Å². The number of para-hydroxylation sites is 1. The first-order valence-electron chi connectivity index (χ1n) is 6.04. The maximum Gasteiger partial charge on any atom is 0.239 e. The summed E-state index contributed by atoms with van der Waals surface area (Å²) in [5, 5.41) is 6.60. The SMILES string of the molecule is O=C(CNc1ccccc1)NCc1ccc(Cl)cc1. The molecule has 2 N–H and O–H groups in total. The molecule has 0 aliphatic heterocycles. The van der Waals surface area contributed by atoms with E-state index in [1.807, 2.05) is 54.6 Å². The van der Waals surface area contributed by atoms with Gasteiger partial charge in [0, 0.05) is 17.3 Å². The van der Waals surface area contributed by atoms with Gasteiger partial charge >= 0.3 is 0 Å². The number of benzene rings is 2. The summed E-state index contributed by atoms with van der Waals surface area (Å²) in [6, 6.07) is 17.0. The van der Waals surface area contributed by atoms with Crippen LogP contribution in [0.15, 0.2) is 54.6 Å². The third-order valence-corrected chi connectivity index (χ3v) is 2.88. The van der Waals surface area contributed by atoms with Crippen molar-refractivity contribution >= 4 is 23.2 Å². The van der Waals surface area contributed by atoms with Crippen molar-refractivity contribution in [3.05, 3.63) is 65.2 Å². The van der Waals surface area contributed by atoms with Crippen molar-refractivity contribution in [2.45, 2.75) is 6.54 Å². The van der Waals surface area contributed by atoms with Crippen LogP contribution in [0.4, 0.5) is 5.69 Å². The topological polar surface area (TPSA) is 41.1 Å². The smallest absolute Gasteiger partial charge is 0.239 e. The van der Waals surface area contributed by atoms with Gasteiger partial charge in [0.05, 0.1) is 6.54 Å². The minimum Gasteiger partial charge on any atom is -0.376 e. The van der Waals surface area contributed by atoms with E-state index in [2.05, 4.69) is 10.6 Å². The first-order valence-corrected chi connectivity index (χ1v) is 6.42. The Hall–Kier alpha value is -2.00. The Morgan fingerprint density at radius 3 is 2.37 bits per heavy atom. The van der Waals surface area contributed by atoms with Gasteiger partial charge in [0.1, 0.15) is 0 Å². The lowest BCUT2D eigenvalue weighted by Crippen LogP contribution is -2.29. The molecule has 0 unspecified atom stereocenters. The second-order valence-corrected chi connectivity index (χ2v) is 4.56. The van der Waals surface area contributed by atoms with E-state index in [9.17, 15) is 4.79 Å². The largest absolute Gasteiger partial charge is 0.376 e. The van der Waals surface area contributed by atoms with Crippen molar-refractivity contribution in [2.75, 3.05) is 11.9 Å². The zero-order valence-corrected chi connectivity index (χ0v) is 11.2. The molecule has 0 atom stereocenters. The van der Waals surface area contributed by atoms with E-state index in [1.165, 1.54) is 0 Å². The van der Waals surface area contributed by atoms with Gasteiger partial charge in [0.25, 0.3) is 0 Å². The molecular weight excluding hydrogens is 260 g/mol. The number of anilines is 1. The molecule has 0 saturated carbocycles. The number of nitrogens with one attached hydrogen (secondary N) is 2. The number of rotatable bonds is 5. The molecule has 1 amide bonds. The maximum atomic E-state index is 11.7. The standard InChI is InChI=1S/C15H15ClN2O/c16-13-8-6-12(7-9-13)10-18-15(19)11-17-14-4-2-1-3-5-14/h1-9,17H,10-11H2,(H,18,19). The van der Waals surface area contributed by atoms with Crippen molar-refractivity contribution in [3.8, 4) is 0 Å². The summed E-state index contributed by atoms with van der Waals surface area (Å²) in [6.07, 6.45) is 0. The summed E-state index contributed by atoms with van der Waals surface area (Å²) in [5.74, 6) is -0.0428. The summed E-state index contributed by atoms with van der Waals surface area (Å²) in [4.78, 5) is 11.7. The molecule has 0 aliphatic rings. The molecule has 2 aromatic carbocycles. The maximum absolute atomic E-state index is 11.7. The van der Waals surface area contributed by atoms with E-state index in [-0.39, 0.29) is 12.5 Å². The van der Waals surface area contributed by atoms with Gasteiger partial charge in [-0.15, -0.1) is 0 Å². The van der Waals surface area contributed by atoms with Gasteiger partial charge in [-0.25, -0.2) is 0 Å². The molecule has 2 aromatic rings. The highest BCUT2D eigenvalue weighted by Crippen LogP contribution is 2.09. The summed E-state index contributed by atoms with van der Waals surface area (Å²) in [6.45, 7) is 0.768. The monoisotopic (exact) mass is 274 g/mol. The lowest BCUT2D eigenvalue weighted by molar-refractivity contribution is -0.119. The number of hydrogen-bond donors (Lipinski definition) is 2. The van der Waals surface area contributed by atoms with Gasteiger partial charge in [-0.1, -0.05) is 41.9 Å².